The summed E-state index contributed by atoms with van der Waals surface area (Å²) in [7, 11) is -1.98. The third-order valence-electron chi connectivity index (χ3n) is 4.30. The number of rotatable bonds is 5. The van der Waals surface area contributed by atoms with Crippen LogP contribution >= 0.6 is 15.9 Å². The van der Waals surface area contributed by atoms with E-state index in [0.29, 0.717) is 5.70 Å². The van der Waals surface area contributed by atoms with Crippen LogP contribution in [0.4, 0.5) is 0 Å². The van der Waals surface area contributed by atoms with Gasteiger partial charge in [-0.25, -0.2) is 4.79 Å². The zero-order valence-electron chi connectivity index (χ0n) is 14.4. The second-order valence-corrected chi connectivity index (χ2v) is 12.5. The third kappa shape index (κ3) is 4.00. The molecule has 1 aliphatic heterocycles. The fraction of sp³-hybridized carbons (Fsp3) is 0.733. The van der Waals surface area contributed by atoms with E-state index in [9.17, 15) is 9.59 Å². The monoisotopic (exact) mass is 391 g/mol. The normalized spacial score (nSPS) is 22.5. The standard InChI is InChI=1S/C15H26BrNO4Si/c1-8-20-14(19)11(16)12-10(13(18)17-12)9(2)21-22(6,7)15(3,4)5/h9-10H,8H2,1-7H3,(H,17,18)/b12-11+/t9-,10-/m1/s1. The van der Waals surface area contributed by atoms with Crippen LogP contribution < -0.4 is 5.32 Å². The van der Waals surface area contributed by atoms with Gasteiger partial charge in [0.25, 0.3) is 0 Å². The second kappa shape index (κ2) is 6.84. The first-order valence-electron chi connectivity index (χ1n) is 7.47. The van der Waals surface area contributed by atoms with Crippen LogP contribution in [-0.2, 0) is 18.8 Å². The summed E-state index contributed by atoms with van der Waals surface area (Å²) in [6.45, 7) is 14.6. The van der Waals surface area contributed by atoms with Gasteiger partial charge in [-0.3, -0.25) is 4.79 Å². The first-order valence-corrected chi connectivity index (χ1v) is 11.2. The van der Waals surface area contributed by atoms with Crippen molar-refractivity contribution in [3.05, 3.63) is 10.2 Å². The Labute approximate surface area is 142 Å². The molecule has 1 N–H and O–H groups in total. The van der Waals surface area contributed by atoms with E-state index in [0.717, 1.165) is 0 Å². The van der Waals surface area contributed by atoms with E-state index in [2.05, 4.69) is 55.1 Å². The number of esters is 1. The Morgan fingerprint density at radius 1 is 1.41 bits per heavy atom. The number of hydrogen-bond donors (Lipinski definition) is 1. The van der Waals surface area contributed by atoms with Gasteiger partial charge in [0.2, 0.25) is 5.91 Å². The molecule has 0 aromatic rings. The predicted octanol–water partition coefficient (Wildman–Crippen LogP) is 3.31. The number of halogens is 1. The number of ether oxygens (including phenoxy) is 1. The molecule has 1 heterocycles. The Kier molecular flexibility index (Phi) is 6.03. The van der Waals surface area contributed by atoms with Crippen molar-refractivity contribution in [3.63, 3.8) is 0 Å². The van der Waals surface area contributed by atoms with Crippen LogP contribution in [0, 0.1) is 5.92 Å². The maximum absolute atomic E-state index is 11.9. The number of nitrogens with one attached hydrogen (secondary N) is 1. The average Bonchev–Trinajstić information content (AvgIpc) is 2.32. The first kappa shape index (κ1) is 19.4. The molecule has 1 aliphatic rings. The van der Waals surface area contributed by atoms with Gasteiger partial charge in [0.1, 0.15) is 10.4 Å². The van der Waals surface area contributed by atoms with Gasteiger partial charge in [-0.1, -0.05) is 20.8 Å². The number of amides is 1. The van der Waals surface area contributed by atoms with Crippen molar-refractivity contribution >= 4 is 36.1 Å². The number of carbonyl (C=O) groups is 2. The summed E-state index contributed by atoms with van der Waals surface area (Å²) in [5, 5.41) is 2.73. The van der Waals surface area contributed by atoms with E-state index < -0.39 is 20.2 Å². The Morgan fingerprint density at radius 3 is 2.36 bits per heavy atom. The molecule has 7 heteroatoms. The molecule has 1 fully saturated rings. The van der Waals surface area contributed by atoms with Gasteiger partial charge in [-0.15, -0.1) is 0 Å². The topological polar surface area (TPSA) is 64.6 Å². The van der Waals surface area contributed by atoms with Crippen LogP contribution in [0.15, 0.2) is 10.2 Å². The molecule has 0 unspecified atom stereocenters. The third-order valence-corrected chi connectivity index (χ3v) is 9.62. The minimum atomic E-state index is -1.98. The lowest BCUT2D eigenvalue weighted by molar-refractivity contribution is -0.138. The summed E-state index contributed by atoms with van der Waals surface area (Å²) < 4.78 is 11.5. The zero-order chi connectivity index (χ0) is 17.3. The van der Waals surface area contributed by atoms with Gasteiger partial charge in [0.15, 0.2) is 8.32 Å². The molecule has 1 rings (SSSR count). The summed E-state index contributed by atoms with van der Waals surface area (Å²) in [6.07, 6.45) is -0.286. The van der Waals surface area contributed by atoms with Gasteiger partial charge in [0, 0.05) is 0 Å². The molecule has 126 valence electrons. The Balaban J connectivity index is 2.92. The average molecular weight is 392 g/mol. The SMILES string of the molecule is CCOC(=O)/C(Br)=C1\NC(=O)[C@@H]1[C@@H](C)O[Si](C)(C)C(C)(C)C. The second-order valence-electron chi connectivity index (χ2n) is 7.00. The van der Waals surface area contributed by atoms with Crippen molar-refractivity contribution in [1.82, 2.24) is 5.32 Å². The number of carbonyl (C=O) groups excluding carboxylic acids is 2. The molecule has 0 saturated carbocycles. The van der Waals surface area contributed by atoms with Gasteiger partial charge in [-0.05, 0) is 47.9 Å². The lowest BCUT2D eigenvalue weighted by Crippen LogP contribution is -2.55. The van der Waals surface area contributed by atoms with E-state index >= 15 is 0 Å². The molecule has 1 saturated heterocycles. The highest BCUT2D eigenvalue weighted by Crippen LogP contribution is 2.40. The molecular formula is C15H26BrNO4Si. The number of hydrogen-bond acceptors (Lipinski definition) is 4. The highest BCUT2D eigenvalue weighted by Gasteiger charge is 2.46. The number of β-lactam (4-membered cyclic amide) rings is 1. The molecule has 22 heavy (non-hydrogen) atoms. The Bertz CT molecular complexity index is 496. The molecule has 1 amide bonds. The zero-order valence-corrected chi connectivity index (χ0v) is 17.0. The van der Waals surface area contributed by atoms with Gasteiger partial charge in [0.05, 0.1) is 18.4 Å². The lowest BCUT2D eigenvalue weighted by atomic mass is 9.91. The molecule has 5 nitrogen and oxygen atoms in total. The van der Waals surface area contributed by atoms with Gasteiger partial charge in [-0.2, -0.15) is 0 Å². The van der Waals surface area contributed by atoms with Crippen LogP contribution in [0.5, 0.6) is 0 Å². The smallest absolute Gasteiger partial charge is 0.347 e. The predicted molar refractivity (Wildman–Crippen MR) is 92.0 cm³/mol. The van der Waals surface area contributed by atoms with Crippen LogP contribution in [0.2, 0.25) is 18.1 Å². The minimum absolute atomic E-state index is 0.0593. The quantitative estimate of drug-likeness (QED) is 0.337. The van der Waals surface area contributed by atoms with Gasteiger partial charge >= 0.3 is 5.97 Å². The maximum atomic E-state index is 11.9. The van der Waals surface area contributed by atoms with E-state index in [1.807, 2.05) is 6.92 Å². The van der Waals surface area contributed by atoms with Crippen molar-refractivity contribution in [1.29, 1.82) is 0 Å². The van der Waals surface area contributed by atoms with Crippen LogP contribution in [0.1, 0.15) is 34.6 Å². The summed E-state index contributed by atoms with van der Waals surface area (Å²) in [5.74, 6) is -1.04. The molecule has 0 radical (unpaired) electrons. The van der Waals surface area contributed by atoms with Crippen molar-refractivity contribution in [2.75, 3.05) is 6.61 Å². The van der Waals surface area contributed by atoms with E-state index in [4.69, 9.17) is 9.16 Å². The highest BCUT2D eigenvalue weighted by molar-refractivity contribution is 9.12. The van der Waals surface area contributed by atoms with Gasteiger partial charge < -0.3 is 14.5 Å². The first-order chi connectivity index (χ1) is 9.92. The van der Waals surface area contributed by atoms with E-state index in [1.165, 1.54) is 0 Å². The molecule has 0 aromatic carbocycles. The Morgan fingerprint density at radius 2 is 1.95 bits per heavy atom. The maximum Gasteiger partial charge on any atom is 0.347 e. The summed E-state index contributed by atoms with van der Waals surface area (Å²) in [6, 6.07) is 0. The molecular weight excluding hydrogens is 366 g/mol. The van der Waals surface area contributed by atoms with Crippen molar-refractivity contribution in [2.45, 2.75) is 58.9 Å². The molecule has 2 atom stereocenters. The fourth-order valence-electron chi connectivity index (χ4n) is 1.99. The summed E-state index contributed by atoms with van der Waals surface area (Å²) in [5.41, 5.74) is 0.551. The van der Waals surface area contributed by atoms with Crippen molar-refractivity contribution < 1.29 is 18.8 Å². The highest BCUT2D eigenvalue weighted by atomic mass is 79.9. The molecule has 0 bridgehead atoms. The van der Waals surface area contributed by atoms with E-state index in [1.54, 1.807) is 6.92 Å². The molecule has 0 aliphatic carbocycles. The lowest BCUT2D eigenvalue weighted by Gasteiger charge is -2.43. The molecule has 0 aromatic heterocycles. The van der Waals surface area contributed by atoms with Crippen LogP contribution in [-0.4, -0.2) is 32.9 Å². The summed E-state index contributed by atoms with van der Waals surface area (Å²) in [4.78, 5) is 23.7. The Hall–Kier alpha value is -0.663. The fourth-order valence-corrected chi connectivity index (χ4v) is 3.87. The minimum Gasteiger partial charge on any atom is -0.462 e. The van der Waals surface area contributed by atoms with Crippen LogP contribution in [0.25, 0.3) is 0 Å². The van der Waals surface area contributed by atoms with Crippen LogP contribution in [0.3, 0.4) is 0 Å². The van der Waals surface area contributed by atoms with Crippen molar-refractivity contribution in [2.24, 2.45) is 5.92 Å². The largest absolute Gasteiger partial charge is 0.462 e. The van der Waals surface area contributed by atoms with Crippen molar-refractivity contribution in [3.8, 4) is 0 Å². The summed E-state index contributed by atoms with van der Waals surface area (Å²) >= 11 is 3.22. The van der Waals surface area contributed by atoms with E-state index in [-0.39, 0.29) is 28.1 Å². The molecule has 0 spiro atoms.